The number of hydroxylamine groups is 2. The Morgan fingerprint density at radius 2 is 2.14 bits per heavy atom. The van der Waals surface area contributed by atoms with Gasteiger partial charge in [-0.25, -0.2) is 4.68 Å². The average Bonchev–Trinajstić information content (AvgIpc) is 3.10. The number of para-hydroxylation sites is 1. The molecule has 6 heteroatoms. The number of aryl methyl sites for hydroxylation is 1. The first-order valence-corrected chi connectivity index (χ1v) is 10.7. The third-order valence-corrected chi connectivity index (χ3v) is 6.02. The van der Waals surface area contributed by atoms with Crippen LogP contribution in [0.5, 0.6) is 0 Å². The summed E-state index contributed by atoms with van der Waals surface area (Å²) in [6.07, 6.45) is 6.51. The fourth-order valence-corrected chi connectivity index (χ4v) is 4.50. The van der Waals surface area contributed by atoms with Crippen molar-refractivity contribution in [2.24, 2.45) is 5.41 Å². The van der Waals surface area contributed by atoms with Crippen molar-refractivity contribution in [2.75, 3.05) is 19.7 Å². The molecule has 2 aliphatic rings. The van der Waals surface area contributed by atoms with Crippen LogP contribution in [0, 0.1) is 12.3 Å². The minimum atomic E-state index is 0.00120. The molecule has 1 aromatic heterocycles. The molecule has 4 rings (SSSR count). The summed E-state index contributed by atoms with van der Waals surface area (Å²) < 4.78 is 2.06. The van der Waals surface area contributed by atoms with E-state index in [-0.39, 0.29) is 17.4 Å². The van der Waals surface area contributed by atoms with Crippen LogP contribution < -0.4 is 5.32 Å². The molecule has 1 aliphatic heterocycles. The molecule has 1 saturated heterocycles. The first-order chi connectivity index (χ1) is 13.9. The number of hydrogen-bond donors (Lipinski definition) is 1. The highest BCUT2D eigenvalue weighted by Gasteiger charge is 2.36. The Hall–Kier alpha value is -2.18. The van der Waals surface area contributed by atoms with Crippen LogP contribution in [0.25, 0.3) is 5.69 Å². The van der Waals surface area contributed by atoms with Gasteiger partial charge in [-0.15, -0.1) is 0 Å². The topological polar surface area (TPSA) is 59.4 Å². The lowest BCUT2D eigenvalue weighted by atomic mass is 9.74. The molecule has 1 fully saturated rings. The van der Waals surface area contributed by atoms with Crippen LogP contribution >= 0.6 is 0 Å². The fourth-order valence-electron chi connectivity index (χ4n) is 4.50. The summed E-state index contributed by atoms with van der Waals surface area (Å²) in [6.45, 7) is 8.98. The lowest BCUT2D eigenvalue weighted by Crippen LogP contribution is -2.39. The van der Waals surface area contributed by atoms with Crippen LogP contribution in [0.2, 0.25) is 0 Å². The number of carbonyl (C=O) groups excluding carboxylic acids is 1. The summed E-state index contributed by atoms with van der Waals surface area (Å²) in [5.41, 5.74) is 4.76. The second-order valence-electron chi connectivity index (χ2n) is 9.13. The Labute approximate surface area is 173 Å². The number of amides is 1. The zero-order valence-electron chi connectivity index (χ0n) is 17.8. The highest BCUT2D eigenvalue weighted by molar-refractivity contribution is 5.76. The van der Waals surface area contributed by atoms with E-state index >= 15 is 0 Å². The smallest absolute Gasteiger partial charge is 0.221 e. The monoisotopic (exact) mass is 396 g/mol. The Bertz CT molecular complexity index is 868. The van der Waals surface area contributed by atoms with E-state index in [0.717, 1.165) is 50.1 Å². The van der Waals surface area contributed by atoms with E-state index in [1.165, 1.54) is 11.3 Å². The molecule has 29 heavy (non-hydrogen) atoms. The highest BCUT2D eigenvalue weighted by Crippen LogP contribution is 2.41. The molecule has 1 aromatic carbocycles. The summed E-state index contributed by atoms with van der Waals surface area (Å²) in [5.74, 6) is 0.0801. The summed E-state index contributed by atoms with van der Waals surface area (Å²) in [5, 5.41) is 9.91. The Kier molecular flexibility index (Phi) is 5.74. The van der Waals surface area contributed by atoms with E-state index in [1.807, 2.05) is 23.4 Å². The van der Waals surface area contributed by atoms with Crippen molar-refractivity contribution in [2.45, 2.75) is 58.9 Å². The predicted octanol–water partition coefficient (Wildman–Crippen LogP) is 3.73. The van der Waals surface area contributed by atoms with Gasteiger partial charge in [0, 0.05) is 25.1 Å². The van der Waals surface area contributed by atoms with E-state index in [9.17, 15) is 4.79 Å². The lowest BCUT2D eigenvalue weighted by molar-refractivity contribution is -0.181. The van der Waals surface area contributed by atoms with Crippen molar-refractivity contribution in [1.29, 1.82) is 0 Å². The minimum absolute atomic E-state index is 0.00120. The molecule has 0 saturated carbocycles. The quantitative estimate of drug-likeness (QED) is 0.837. The van der Waals surface area contributed by atoms with Crippen LogP contribution in [0.15, 0.2) is 30.5 Å². The van der Waals surface area contributed by atoms with E-state index in [1.54, 1.807) is 0 Å². The van der Waals surface area contributed by atoms with Gasteiger partial charge in [0.05, 0.1) is 30.2 Å². The minimum Gasteiger partial charge on any atom is -0.349 e. The maximum absolute atomic E-state index is 12.7. The molecule has 0 spiro atoms. The number of nitrogens with zero attached hydrogens (tertiary/aromatic N) is 3. The van der Waals surface area contributed by atoms with Gasteiger partial charge in [-0.05, 0) is 49.7 Å². The molecule has 156 valence electrons. The number of nitrogens with one attached hydrogen (secondary N) is 1. The fraction of sp³-hybridized carbons (Fsp3) is 0.565. The number of rotatable bonds is 5. The number of fused-ring (bicyclic) bond motifs is 1. The van der Waals surface area contributed by atoms with Gasteiger partial charge in [0.25, 0.3) is 0 Å². The van der Waals surface area contributed by atoms with Crippen molar-refractivity contribution < 1.29 is 9.63 Å². The number of aromatic nitrogens is 2. The molecule has 1 atom stereocenters. The van der Waals surface area contributed by atoms with Gasteiger partial charge in [0.1, 0.15) is 0 Å². The summed E-state index contributed by atoms with van der Waals surface area (Å²) in [6, 6.07) is 8.32. The number of benzene rings is 1. The third-order valence-electron chi connectivity index (χ3n) is 6.02. The lowest BCUT2D eigenvalue weighted by Gasteiger charge is -2.36. The van der Waals surface area contributed by atoms with Crippen LogP contribution in [0.4, 0.5) is 0 Å². The molecule has 0 radical (unpaired) electrons. The zero-order valence-corrected chi connectivity index (χ0v) is 17.8. The Morgan fingerprint density at radius 1 is 1.31 bits per heavy atom. The predicted molar refractivity (Wildman–Crippen MR) is 113 cm³/mol. The van der Waals surface area contributed by atoms with Gasteiger partial charge in [-0.1, -0.05) is 32.0 Å². The zero-order chi connectivity index (χ0) is 20.4. The average molecular weight is 397 g/mol. The maximum atomic E-state index is 12.7. The normalized spacial score (nSPS) is 21.6. The first kappa shape index (κ1) is 20.1. The van der Waals surface area contributed by atoms with Crippen LogP contribution in [0.3, 0.4) is 0 Å². The van der Waals surface area contributed by atoms with Crippen molar-refractivity contribution in [1.82, 2.24) is 20.2 Å². The Morgan fingerprint density at radius 3 is 2.90 bits per heavy atom. The molecule has 2 heterocycles. The van der Waals surface area contributed by atoms with Gasteiger partial charge >= 0.3 is 0 Å². The highest BCUT2D eigenvalue weighted by atomic mass is 16.7. The molecular formula is C23H32N4O2. The van der Waals surface area contributed by atoms with Gasteiger partial charge in [-0.3, -0.25) is 9.63 Å². The standard InChI is InChI=1S/C23H32N4O2/c1-17-8-4-5-9-20(17)27-21-15-23(2,3)14-19(18(21)16-24-27)25-22(28)10-12-26-11-6-7-13-29-26/h4-5,8-9,16,19H,6-7,10-15H2,1-3H3,(H,25,28)/t19-/m1/s1. The van der Waals surface area contributed by atoms with Crippen LogP contribution in [-0.4, -0.2) is 40.4 Å². The molecule has 0 unspecified atom stereocenters. The second kappa shape index (κ2) is 8.28. The van der Waals surface area contributed by atoms with Gasteiger partial charge in [0.15, 0.2) is 0 Å². The molecule has 1 amide bonds. The Balaban J connectivity index is 1.50. The number of carbonyl (C=O) groups is 1. The van der Waals surface area contributed by atoms with Crippen molar-refractivity contribution in [3.8, 4) is 5.69 Å². The van der Waals surface area contributed by atoms with Crippen molar-refractivity contribution in [3.63, 3.8) is 0 Å². The van der Waals surface area contributed by atoms with Crippen LogP contribution in [0.1, 0.15) is 62.4 Å². The van der Waals surface area contributed by atoms with E-state index in [0.29, 0.717) is 13.0 Å². The van der Waals surface area contributed by atoms with Gasteiger partial charge in [-0.2, -0.15) is 10.2 Å². The summed E-state index contributed by atoms with van der Waals surface area (Å²) >= 11 is 0. The molecular weight excluding hydrogens is 364 g/mol. The molecule has 0 bridgehead atoms. The number of hydrogen-bond acceptors (Lipinski definition) is 4. The maximum Gasteiger partial charge on any atom is 0.221 e. The van der Waals surface area contributed by atoms with Gasteiger partial charge < -0.3 is 5.32 Å². The summed E-state index contributed by atoms with van der Waals surface area (Å²) in [4.78, 5) is 18.3. The summed E-state index contributed by atoms with van der Waals surface area (Å²) in [7, 11) is 0. The van der Waals surface area contributed by atoms with E-state index < -0.39 is 0 Å². The van der Waals surface area contributed by atoms with Crippen molar-refractivity contribution >= 4 is 5.91 Å². The first-order valence-electron chi connectivity index (χ1n) is 10.7. The third kappa shape index (κ3) is 4.54. The van der Waals surface area contributed by atoms with Crippen LogP contribution in [-0.2, 0) is 16.1 Å². The molecule has 2 aromatic rings. The van der Waals surface area contributed by atoms with E-state index in [4.69, 9.17) is 9.94 Å². The van der Waals surface area contributed by atoms with E-state index in [2.05, 4.69) is 42.9 Å². The molecule has 1 aliphatic carbocycles. The SMILES string of the molecule is Cc1ccccc1-n1ncc2c1CC(C)(C)C[C@H]2NC(=O)CCN1CCCCO1. The second-order valence-corrected chi connectivity index (χ2v) is 9.13. The largest absolute Gasteiger partial charge is 0.349 e. The molecule has 6 nitrogen and oxygen atoms in total. The van der Waals surface area contributed by atoms with Gasteiger partial charge in [0.2, 0.25) is 5.91 Å². The van der Waals surface area contributed by atoms with Crippen molar-refractivity contribution in [3.05, 3.63) is 47.3 Å². The molecule has 1 N–H and O–H groups in total.